The first-order valence-electron chi connectivity index (χ1n) is 6.86. The van der Waals surface area contributed by atoms with Gasteiger partial charge in [0.1, 0.15) is 5.75 Å². The molecule has 3 aromatic rings. The molecule has 21 heavy (non-hydrogen) atoms. The molecular formula is C18H16NO2. The van der Waals surface area contributed by atoms with Crippen molar-refractivity contribution in [1.29, 1.82) is 0 Å². The van der Waals surface area contributed by atoms with Crippen LogP contribution < -0.4 is 4.74 Å². The lowest BCUT2D eigenvalue weighted by Crippen LogP contribution is -1.92. The van der Waals surface area contributed by atoms with Crippen molar-refractivity contribution in [2.75, 3.05) is 0 Å². The zero-order chi connectivity index (χ0) is 15.0. The van der Waals surface area contributed by atoms with Gasteiger partial charge >= 0.3 is 0 Å². The molecule has 1 radical (unpaired) electrons. The first-order valence-corrected chi connectivity index (χ1v) is 6.86. The van der Waals surface area contributed by atoms with Crippen LogP contribution in [0.3, 0.4) is 0 Å². The van der Waals surface area contributed by atoms with Gasteiger partial charge < -0.3 is 4.74 Å². The lowest BCUT2D eigenvalue weighted by atomic mass is 10.0. The normalized spacial score (nSPS) is 10.8. The first kappa shape index (κ1) is 13.4. The Hall–Kier alpha value is -2.55. The largest absolute Gasteiger partial charge is 0.439 e. The SMILES string of the molecule is Cc1cc(Oc2ccc3cc([O])ccc3n2)cc(C)c1C. The van der Waals surface area contributed by atoms with Crippen LogP contribution in [0.15, 0.2) is 42.5 Å². The van der Waals surface area contributed by atoms with E-state index in [4.69, 9.17) is 4.74 Å². The molecule has 0 saturated carbocycles. The predicted octanol–water partition coefficient (Wildman–Crippen LogP) is 5.10. The van der Waals surface area contributed by atoms with Crippen LogP contribution in [0.5, 0.6) is 17.4 Å². The maximum Gasteiger partial charge on any atom is 0.219 e. The van der Waals surface area contributed by atoms with Crippen molar-refractivity contribution < 1.29 is 9.84 Å². The van der Waals surface area contributed by atoms with Crippen molar-refractivity contribution in [3.63, 3.8) is 0 Å². The minimum atomic E-state index is -0.0113. The van der Waals surface area contributed by atoms with Gasteiger partial charge in [0.2, 0.25) is 5.88 Å². The molecule has 0 unspecified atom stereocenters. The molecule has 2 aromatic carbocycles. The Labute approximate surface area is 123 Å². The van der Waals surface area contributed by atoms with E-state index in [1.807, 2.05) is 18.2 Å². The Kier molecular flexibility index (Phi) is 3.26. The lowest BCUT2D eigenvalue weighted by molar-refractivity contribution is 0.355. The van der Waals surface area contributed by atoms with Gasteiger partial charge in [-0.15, -0.1) is 0 Å². The van der Waals surface area contributed by atoms with E-state index < -0.39 is 0 Å². The molecule has 0 amide bonds. The van der Waals surface area contributed by atoms with Gasteiger partial charge in [0.25, 0.3) is 0 Å². The lowest BCUT2D eigenvalue weighted by Gasteiger charge is -2.10. The second-order valence-corrected chi connectivity index (χ2v) is 5.29. The van der Waals surface area contributed by atoms with E-state index in [2.05, 4.69) is 25.8 Å². The topological polar surface area (TPSA) is 42.0 Å². The molecule has 0 fully saturated rings. The molecule has 0 N–H and O–H groups in total. The van der Waals surface area contributed by atoms with Crippen molar-refractivity contribution in [2.24, 2.45) is 0 Å². The van der Waals surface area contributed by atoms with Crippen LogP contribution in [0.4, 0.5) is 0 Å². The van der Waals surface area contributed by atoms with Gasteiger partial charge in [-0.25, -0.2) is 4.98 Å². The second-order valence-electron chi connectivity index (χ2n) is 5.29. The third kappa shape index (κ3) is 2.68. The third-order valence-corrected chi connectivity index (χ3v) is 3.76. The van der Waals surface area contributed by atoms with Gasteiger partial charge in [0.05, 0.1) is 5.52 Å². The maximum absolute atomic E-state index is 11.3. The minimum absolute atomic E-state index is 0.0113. The van der Waals surface area contributed by atoms with Crippen molar-refractivity contribution in [3.8, 4) is 17.4 Å². The molecule has 1 heterocycles. The zero-order valence-electron chi connectivity index (χ0n) is 12.3. The molecule has 0 bridgehead atoms. The number of hydrogen-bond donors (Lipinski definition) is 0. The number of aromatic nitrogens is 1. The summed E-state index contributed by atoms with van der Waals surface area (Å²) in [7, 11) is 0. The molecule has 0 aliphatic rings. The van der Waals surface area contributed by atoms with Gasteiger partial charge in [0, 0.05) is 11.5 Å². The molecule has 105 valence electrons. The molecule has 3 rings (SSSR count). The van der Waals surface area contributed by atoms with Crippen LogP contribution in [-0.4, -0.2) is 4.98 Å². The Balaban J connectivity index is 1.96. The van der Waals surface area contributed by atoms with E-state index in [0.717, 1.165) is 16.7 Å². The molecule has 0 spiro atoms. The van der Waals surface area contributed by atoms with E-state index in [1.54, 1.807) is 18.2 Å². The summed E-state index contributed by atoms with van der Waals surface area (Å²) in [6, 6.07) is 12.5. The van der Waals surface area contributed by atoms with E-state index in [-0.39, 0.29) is 5.75 Å². The van der Waals surface area contributed by atoms with E-state index in [0.29, 0.717) is 5.88 Å². The quantitative estimate of drug-likeness (QED) is 0.654. The minimum Gasteiger partial charge on any atom is -0.439 e. The fourth-order valence-corrected chi connectivity index (χ4v) is 2.32. The number of pyridine rings is 1. The summed E-state index contributed by atoms with van der Waals surface area (Å²) in [6.07, 6.45) is 0. The smallest absolute Gasteiger partial charge is 0.219 e. The van der Waals surface area contributed by atoms with Crippen molar-refractivity contribution in [3.05, 3.63) is 59.2 Å². The van der Waals surface area contributed by atoms with Crippen molar-refractivity contribution in [1.82, 2.24) is 4.98 Å². The number of nitrogens with zero attached hydrogens (tertiary/aromatic N) is 1. The fraction of sp³-hybridized carbons (Fsp3) is 0.167. The highest BCUT2D eigenvalue weighted by Gasteiger charge is 2.05. The van der Waals surface area contributed by atoms with Gasteiger partial charge in [-0.3, -0.25) is 5.11 Å². The predicted molar refractivity (Wildman–Crippen MR) is 82.6 cm³/mol. The summed E-state index contributed by atoms with van der Waals surface area (Å²) >= 11 is 0. The molecule has 0 atom stereocenters. The molecule has 3 nitrogen and oxygen atoms in total. The van der Waals surface area contributed by atoms with Crippen LogP contribution in [0.1, 0.15) is 16.7 Å². The van der Waals surface area contributed by atoms with Crippen LogP contribution in [0, 0.1) is 20.8 Å². The highest BCUT2D eigenvalue weighted by molar-refractivity contribution is 5.80. The molecule has 0 aliphatic heterocycles. The van der Waals surface area contributed by atoms with E-state index in [9.17, 15) is 5.11 Å². The number of fused-ring (bicyclic) bond motifs is 1. The zero-order valence-corrected chi connectivity index (χ0v) is 12.3. The van der Waals surface area contributed by atoms with Crippen LogP contribution in [0.2, 0.25) is 0 Å². The van der Waals surface area contributed by atoms with E-state index >= 15 is 0 Å². The Morgan fingerprint density at radius 3 is 2.33 bits per heavy atom. The molecule has 3 heteroatoms. The number of ether oxygens (including phenoxy) is 1. The molecule has 0 aliphatic carbocycles. The number of aryl methyl sites for hydroxylation is 2. The molecule has 0 saturated heterocycles. The summed E-state index contributed by atoms with van der Waals surface area (Å²) in [5.74, 6) is 1.30. The maximum atomic E-state index is 11.3. The number of hydrogen-bond acceptors (Lipinski definition) is 2. The average molecular weight is 278 g/mol. The fourth-order valence-electron chi connectivity index (χ4n) is 2.32. The monoisotopic (exact) mass is 278 g/mol. The van der Waals surface area contributed by atoms with Crippen LogP contribution >= 0.6 is 0 Å². The second kappa shape index (κ2) is 5.09. The highest BCUT2D eigenvalue weighted by atomic mass is 16.5. The summed E-state index contributed by atoms with van der Waals surface area (Å²) in [5, 5.41) is 12.1. The summed E-state index contributed by atoms with van der Waals surface area (Å²) in [5.41, 5.74) is 4.42. The Bertz CT molecular complexity index is 802. The van der Waals surface area contributed by atoms with E-state index in [1.165, 1.54) is 22.8 Å². The van der Waals surface area contributed by atoms with Crippen LogP contribution in [-0.2, 0) is 5.11 Å². The highest BCUT2D eigenvalue weighted by Crippen LogP contribution is 2.27. The Morgan fingerprint density at radius 1 is 0.905 bits per heavy atom. The van der Waals surface area contributed by atoms with Crippen molar-refractivity contribution >= 4 is 10.9 Å². The van der Waals surface area contributed by atoms with Gasteiger partial charge in [-0.1, -0.05) is 0 Å². The summed E-state index contributed by atoms with van der Waals surface area (Å²) in [6.45, 7) is 6.24. The average Bonchev–Trinajstić information content (AvgIpc) is 2.45. The first-order chi connectivity index (χ1) is 10.0. The molecular weight excluding hydrogens is 262 g/mol. The van der Waals surface area contributed by atoms with Gasteiger partial charge in [-0.2, -0.15) is 0 Å². The standard InChI is InChI=1S/C18H16NO2/c1-11-8-16(9-12(2)13(11)3)21-18-7-4-14-10-15(20)5-6-17(14)19-18/h4-10H,1-3H3. The third-order valence-electron chi connectivity index (χ3n) is 3.76. The van der Waals surface area contributed by atoms with Gasteiger partial charge in [0.15, 0.2) is 5.75 Å². The van der Waals surface area contributed by atoms with Crippen LogP contribution in [0.25, 0.3) is 10.9 Å². The summed E-state index contributed by atoms with van der Waals surface area (Å²) < 4.78 is 5.84. The van der Waals surface area contributed by atoms with Gasteiger partial charge in [-0.05, 0) is 73.9 Å². The summed E-state index contributed by atoms with van der Waals surface area (Å²) in [4.78, 5) is 4.43. The van der Waals surface area contributed by atoms with Crippen molar-refractivity contribution in [2.45, 2.75) is 20.8 Å². The Morgan fingerprint density at radius 2 is 1.62 bits per heavy atom. The number of benzene rings is 2. The number of rotatable bonds is 2. The molecule has 1 aromatic heterocycles.